The molecule has 6 nitrogen and oxygen atoms in total. The molecule has 2 aromatic carbocycles. The molecule has 2 aromatic rings. The number of rotatable bonds is 3. The fraction of sp³-hybridized carbons (Fsp3) is 0.391. The van der Waals surface area contributed by atoms with Gasteiger partial charge in [-0.3, -0.25) is 9.69 Å². The zero-order chi connectivity index (χ0) is 21.3. The number of nitrogens with two attached hydrogens (primary N) is 1. The Morgan fingerprint density at radius 2 is 1.90 bits per heavy atom. The Labute approximate surface area is 172 Å². The molecule has 1 aliphatic heterocycles. The lowest BCUT2D eigenvalue weighted by atomic mass is 9.98. The molecule has 1 unspecified atom stereocenters. The fourth-order valence-corrected chi connectivity index (χ4v) is 3.80. The van der Waals surface area contributed by atoms with Crippen molar-refractivity contribution in [2.45, 2.75) is 46.6 Å². The highest BCUT2D eigenvalue weighted by Crippen LogP contribution is 2.38. The van der Waals surface area contributed by atoms with Gasteiger partial charge in [-0.25, -0.2) is 4.79 Å². The largest absolute Gasteiger partial charge is 0.419 e. The molecule has 0 saturated heterocycles. The summed E-state index contributed by atoms with van der Waals surface area (Å²) in [4.78, 5) is 28.7. The lowest BCUT2D eigenvalue weighted by Crippen LogP contribution is -2.52. The van der Waals surface area contributed by atoms with E-state index in [2.05, 4.69) is 0 Å². The van der Waals surface area contributed by atoms with Crippen molar-refractivity contribution < 1.29 is 14.3 Å². The number of fused-ring (bicyclic) bond motifs is 1. The Balaban J connectivity index is 2.01. The average Bonchev–Trinajstić information content (AvgIpc) is 2.68. The van der Waals surface area contributed by atoms with Crippen LogP contribution in [0, 0.1) is 13.8 Å². The van der Waals surface area contributed by atoms with Crippen molar-refractivity contribution in [3.8, 4) is 5.75 Å². The van der Waals surface area contributed by atoms with Gasteiger partial charge in [0.15, 0.2) is 0 Å². The van der Waals surface area contributed by atoms with Crippen LogP contribution in [0.25, 0.3) is 0 Å². The van der Waals surface area contributed by atoms with Crippen molar-refractivity contribution in [1.29, 1.82) is 0 Å². The van der Waals surface area contributed by atoms with Gasteiger partial charge in [0.2, 0.25) is 5.91 Å². The van der Waals surface area contributed by atoms with E-state index < -0.39 is 6.09 Å². The molecule has 6 heteroatoms. The van der Waals surface area contributed by atoms with Crippen LogP contribution in [-0.4, -0.2) is 31.1 Å². The van der Waals surface area contributed by atoms with Crippen LogP contribution in [0.5, 0.6) is 5.75 Å². The normalized spacial score (nSPS) is 17.0. The molecule has 0 radical (unpaired) electrons. The maximum Gasteiger partial charge on any atom is 0.419 e. The number of carbonyl (C=O) groups is 2. The lowest BCUT2D eigenvalue weighted by molar-refractivity contribution is -0.117. The van der Waals surface area contributed by atoms with Gasteiger partial charge in [0, 0.05) is 13.5 Å². The highest BCUT2D eigenvalue weighted by molar-refractivity contribution is 6.02. The van der Waals surface area contributed by atoms with Crippen LogP contribution in [0.3, 0.4) is 0 Å². The second-order valence-electron chi connectivity index (χ2n) is 7.87. The van der Waals surface area contributed by atoms with Gasteiger partial charge in [0.05, 0.1) is 17.4 Å². The number of carbonyl (C=O) groups excluding carboxylic acids is 2. The molecule has 0 aliphatic carbocycles. The molecule has 0 fully saturated rings. The highest BCUT2D eigenvalue weighted by atomic mass is 16.6. The monoisotopic (exact) mass is 395 g/mol. The first-order chi connectivity index (χ1) is 13.7. The summed E-state index contributed by atoms with van der Waals surface area (Å²) in [7, 11) is 0. The third-order valence-corrected chi connectivity index (χ3v) is 5.45. The number of hydrogen-bond donors (Lipinski definition) is 1. The summed E-state index contributed by atoms with van der Waals surface area (Å²) >= 11 is 0. The van der Waals surface area contributed by atoms with E-state index >= 15 is 0 Å². The van der Waals surface area contributed by atoms with Crippen molar-refractivity contribution in [2.24, 2.45) is 5.73 Å². The molecule has 0 bridgehead atoms. The molecule has 0 saturated carbocycles. The van der Waals surface area contributed by atoms with Crippen molar-refractivity contribution in [1.82, 2.24) is 0 Å². The number of aryl methyl sites for hydroxylation is 2. The minimum absolute atomic E-state index is 0.0548. The maximum atomic E-state index is 13.1. The molecule has 3 rings (SSSR count). The van der Waals surface area contributed by atoms with Gasteiger partial charge in [-0.1, -0.05) is 30.7 Å². The van der Waals surface area contributed by atoms with E-state index in [0.29, 0.717) is 30.2 Å². The van der Waals surface area contributed by atoms with Crippen LogP contribution < -0.4 is 20.3 Å². The van der Waals surface area contributed by atoms with Crippen LogP contribution in [0.15, 0.2) is 36.4 Å². The molecule has 0 spiro atoms. The Kier molecular flexibility index (Phi) is 5.94. The quantitative estimate of drug-likeness (QED) is 0.848. The van der Waals surface area contributed by atoms with Crippen molar-refractivity contribution in [2.75, 3.05) is 22.9 Å². The summed E-state index contributed by atoms with van der Waals surface area (Å²) in [6, 6.07) is 11.4. The van der Waals surface area contributed by atoms with Gasteiger partial charge in [-0.05, 0) is 62.6 Å². The molecule has 2 atom stereocenters. The number of amides is 2. The van der Waals surface area contributed by atoms with Crippen LogP contribution in [-0.2, 0) is 4.79 Å². The van der Waals surface area contributed by atoms with E-state index in [1.54, 1.807) is 16.7 Å². The minimum atomic E-state index is -0.453. The molecular formula is C23H29N3O3. The summed E-state index contributed by atoms with van der Waals surface area (Å²) in [6.07, 6.45) is -0.453. The molecule has 29 heavy (non-hydrogen) atoms. The third-order valence-electron chi connectivity index (χ3n) is 5.45. The number of nitrogens with zero attached hydrogens (tertiary/aromatic N) is 2. The second-order valence-corrected chi connectivity index (χ2v) is 7.87. The molecule has 1 heterocycles. The lowest BCUT2D eigenvalue weighted by Gasteiger charge is -2.40. The van der Waals surface area contributed by atoms with Gasteiger partial charge < -0.3 is 15.4 Å². The molecule has 2 amide bonds. The predicted octanol–water partition coefficient (Wildman–Crippen LogP) is 4.13. The first-order valence-electron chi connectivity index (χ1n) is 9.93. The Morgan fingerprint density at radius 1 is 1.17 bits per heavy atom. The Morgan fingerprint density at radius 3 is 2.52 bits per heavy atom. The minimum Gasteiger partial charge on any atom is -0.410 e. The SMILES string of the molecule is CC(=O)N1c2ccc(C(C)CN)cc2N(C(=O)Oc2ccc(C)cc2C)C[C@@H]1C. The van der Waals surface area contributed by atoms with Crippen molar-refractivity contribution in [3.63, 3.8) is 0 Å². The first-order valence-corrected chi connectivity index (χ1v) is 9.93. The Bertz CT molecular complexity index is 941. The summed E-state index contributed by atoms with van der Waals surface area (Å²) < 4.78 is 5.73. The summed E-state index contributed by atoms with van der Waals surface area (Å²) in [6.45, 7) is 10.3. The first kappa shape index (κ1) is 20.9. The van der Waals surface area contributed by atoms with E-state index in [4.69, 9.17) is 10.5 Å². The van der Waals surface area contributed by atoms with E-state index in [9.17, 15) is 9.59 Å². The summed E-state index contributed by atoms with van der Waals surface area (Å²) in [5.41, 5.74) is 10.2. The molecular weight excluding hydrogens is 366 g/mol. The summed E-state index contributed by atoms with van der Waals surface area (Å²) in [5.74, 6) is 0.624. The van der Waals surface area contributed by atoms with Crippen LogP contribution in [0.4, 0.5) is 16.2 Å². The van der Waals surface area contributed by atoms with Gasteiger partial charge in [-0.15, -0.1) is 0 Å². The molecule has 0 aromatic heterocycles. The highest BCUT2D eigenvalue weighted by Gasteiger charge is 2.35. The molecule has 154 valence electrons. The smallest absolute Gasteiger partial charge is 0.410 e. The van der Waals surface area contributed by atoms with Gasteiger partial charge in [0.1, 0.15) is 5.75 Å². The van der Waals surface area contributed by atoms with Crippen molar-refractivity contribution >= 4 is 23.4 Å². The van der Waals surface area contributed by atoms with Gasteiger partial charge in [0.25, 0.3) is 0 Å². The Hall–Kier alpha value is -2.86. The number of anilines is 2. The van der Waals surface area contributed by atoms with Gasteiger partial charge >= 0.3 is 6.09 Å². The fourth-order valence-electron chi connectivity index (χ4n) is 3.80. The predicted molar refractivity (Wildman–Crippen MR) is 116 cm³/mol. The summed E-state index contributed by atoms with van der Waals surface area (Å²) in [5, 5.41) is 0. The van der Waals surface area contributed by atoms with Crippen LogP contribution in [0.1, 0.15) is 43.4 Å². The number of hydrogen-bond acceptors (Lipinski definition) is 4. The average molecular weight is 396 g/mol. The van der Waals surface area contributed by atoms with Crippen LogP contribution >= 0.6 is 0 Å². The maximum absolute atomic E-state index is 13.1. The molecule has 2 N–H and O–H groups in total. The van der Waals surface area contributed by atoms with E-state index in [0.717, 1.165) is 16.7 Å². The standard InChI is InChI=1S/C23H29N3O3/c1-14-6-9-22(15(2)10-14)29-23(28)25-13-17(4)26(18(5)27)20-8-7-19(11-21(20)25)16(3)12-24/h6-11,16-17H,12-13,24H2,1-5H3/t16?,17-/m0/s1. The van der Waals surface area contributed by atoms with E-state index in [-0.39, 0.29) is 17.9 Å². The van der Waals surface area contributed by atoms with E-state index in [1.165, 1.54) is 0 Å². The molecule has 1 aliphatic rings. The second kappa shape index (κ2) is 8.25. The third kappa shape index (κ3) is 4.12. The van der Waals surface area contributed by atoms with Gasteiger partial charge in [-0.2, -0.15) is 0 Å². The number of ether oxygens (including phenoxy) is 1. The zero-order valence-electron chi connectivity index (χ0n) is 17.7. The van der Waals surface area contributed by atoms with Crippen molar-refractivity contribution in [3.05, 3.63) is 53.1 Å². The topological polar surface area (TPSA) is 75.9 Å². The number of benzene rings is 2. The van der Waals surface area contributed by atoms with E-state index in [1.807, 2.05) is 64.1 Å². The zero-order valence-corrected chi connectivity index (χ0v) is 17.7. The van der Waals surface area contributed by atoms with Crippen LogP contribution in [0.2, 0.25) is 0 Å².